The highest BCUT2D eigenvalue weighted by molar-refractivity contribution is 5.31. The Bertz CT molecular complexity index is 399. The Kier molecular flexibility index (Phi) is 3.50. The summed E-state index contributed by atoms with van der Waals surface area (Å²) in [5, 5.41) is 19.9. The van der Waals surface area contributed by atoms with E-state index in [0.29, 0.717) is 13.0 Å². The fraction of sp³-hybridized carbons (Fsp3) is 0.429. The lowest BCUT2D eigenvalue weighted by Crippen LogP contribution is -2.40. The molecule has 2 atom stereocenters. The summed E-state index contributed by atoms with van der Waals surface area (Å²) >= 11 is 0. The number of allylic oxidation sites excluding steroid dienone is 1. The van der Waals surface area contributed by atoms with Crippen LogP contribution in [0.15, 0.2) is 36.4 Å². The Morgan fingerprint density at radius 2 is 1.94 bits per heavy atom. The second-order valence-electron chi connectivity index (χ2n) is 4.70. The van der Waals surface area contributed by atoms with Crippen LogP contribution >= 0.6 is 0 Å². The molecule has 1 aromatic rings. The zero-order valence-corrected chi connectivity index (χ0v) is 9.84. The van der Waals surface area contributed by atoms with Gasteiger partial charge < -0.3 is 15.9 Å². The first kappa shape index (κ1) is 12.1. The van der Waals surface area contributed by atoms with Crippen molar-refractivity contribution in [3.05, 3.63) is 42.0 Å². The Morgan fingerprint density at radius 3 is 2.47 bits per heavy atom. The van der Waals surface area contributed by atoms with Crippen molar-refractivity contribution in [3.63, 3.8) is 0 Å². The van der Waals surface area contributed by atoms with Crippen LogP contribution in [-0.4, -0.2) is 22.4 Å². The Balaban J connectivity index is 2.26. The first-order valence-corrected chi connectivity index (χ1v) is 6.02. The molecule has 0 fully saturated rings. The van der Waals surface area contributed by atoms with Crippen LogP contribution in [0.2, 0.25) is 0 Å². The maximum atomic E-state index is 10.7. The normalized spacial score (nSPS) is 25.8. The van der Waals surface area contributed by atoms with E-state index in [1.54, 1.807) is 12.1 Å². The SMILES string of the molecule is NCC(c1ccc(O)cc1)C1(O)CC=CCC1. The molecule has 1 aromatic carbocycles. The first-order valence-electron chi connectivity index (χ1n) is 6.02. The number of phenols is 1. The number of benzene rings is 1. The van der Waals surface area contributed by atoms with Gasteiger partial charge in [0.2, 0.25) is 0 Å². The zero-order valence-electron chi connectivity index (χ0n) is 9.84. The third-order valence-corrected chi connectivity index (χ3v) is 3.56. The standard InChI is InChI=1S/C14H19NO2/c15-10-13(11-4-6-12(16)7-5-11)14(17)8-2-1-3-9-14/h1-2,4-7,13,16-17H,3,8-10,15H2. The smallest absolute Gasteiger partial charge is 0.115 e. The lowest BCUT2D eigenvalue weighted by molar-refractivity contribution is 0.00580. The highest BCUT2D eigenvalue weighted by Crippen LogP contribution is 2.37. The molecule has 3 heteroatoms. The molecule has 0 amide bonds. The number of rotatable bonds is 3. The summed E-state index contributed by atoms with van der Waals surface area (Å²) in [6.07, 6.45) is 6.40. The van der Waals surface area contributed by atoms with Gasteiger partial charge in [0.25, 0.3) is 0 Å². The molecular formula is C14H19NO2. The fourth-order valence-electron chi connectivity index (χ4n) is 2.53. The van der Waals surface area contributed by atoms with E-state index >= 15 is 0 Å². The summed E-state index contributed by atoms with van der Waals surface area (Å²) in [5.41, 5.74) is 6.05. The van der Waals surface area contributed by atoms with Crippen LogP contribution in [0.4, 0.5) is 0 Å². The van der Waals surface area contributed by atoms with Crippen LogP contribution in [0, 0.1) is 0 Å². The highest BCUT2D eigenvalue weighted by Gasteiger charge is 2.36. The van der Waals surface area contributed by atoms with Crippen LogP contribution in [0.3, 0.4) is 0 Å². The van der Waals surface area contributed by atoms with Crippen LogP contribution in [-0.2, 0) is 0 Å². The van der Waals surface area contributed by atoms with Crippen LogP contribution < -0.4 is 5.73 Å². The maximum absolute atomic E-state index is 10.7. The van der Waals surface area contributed by atoms with E-state index in [4.69, 9.17) is 5.73 Å². The van der Waals surface area contributed by atoms with Crippen molar-refractivity contribution in [2.75, 3.05) is 6.54 Å². The quantitative estimate of drug-likeness (QED) is 0.699. The van der Waals surface area contributed by atoms with Gasteiger partial charge in [-0.25, -0.2) is 0 Å². The van der Waals surface area contributed by atoms with E-state index in [1.165, 1.54) is 0 Å². The van der Waals surface area contributed by atoms with E-state index in [-0.39, 0.29) is 11.7 Å². The molecule has 0 bridgehead atoms. The van der Waals surface area contributed by atoms with Gasteiger partial charge >= 0.3 is 0 Å². The van der Waals surface area contributed by atoms with Gasteiger partial charge in [-0.3, -0.25) is 0 Å². The van der Waals surface area contributed by atoms with E-state index in [9.17, 15) is 10.2 Å². The lowest BCUT2D eigenvalue weighted by atomic mass is 9.75. The summed E-state index contributed by atoms with van der Waals surface area (Å²) in [6.45, 7) is 0.412. The van der Waals surface area contributed by atoms with Gasteiger partial charge in [-0.05, 0) is 37.0 Å². The topological polar surface area (TPSA) is 66.5 Å². The maximum Gasteiger partial charge on any atom is 0.115 e. The van der Waals surface area contributed by atoms with Crippen LogP contribution in [0.5, 0.6) is 5.75 Å². The minimum Gasteiger partial charge on any atom is -0.508 e. The third kappa shape index (κ3) is 2.51. The molecule has 0 spiro atoms. The van der Waals surface area contributed by atoms with Gasteiger partial charge in [-0.1, -0.05) is 24.3 Å². The molecule has 2 unspecified atom stereocenters. The second-order valence-corrected chi connectivity index (χ2v) is 4.70. The minimum absolute atomic E-state index is 0.0759. The molecule has 3 nitrogen and oxygen atoms in total. The third-order valence-electron chi connectivity index (χ3n) is 3.56. The first-order chi connectivity index (χ1) is 8.15. The van der Waals surface area contributed by atoms with Crippen molar-refractivity contribution in [1.82, 2.24) is 0 Å². The van der Waals surface area contributed by atoms with Gasteiger partial charge in [-0.15, -0.1) is 0 Å². The molecule has 0 aromatic heterocycles. The monoisotopic (exact) mass is 233 g/mol. The molecule has 0 aliphatic heterocycles. The second kappa shape index (κ2) is 4.90. The van der Waals surface area contributed by atoms with Gasteiger partial charge in [0.1, 0.15) is 5.75 Å². The molecule has 2 rings (SSSR count). The van der Waals surface area contributed by atoms with Crippen LogP contribution in [0.25, 0.3) is 0 Å². The molecule has 0 heterocycles. The number of hydrogen-bond donors (Lipinski definition) is 3. The van der Waals surface area contributed by atoms with Crippen molar-refractivity contribution >= 4 is 0 Å². The average Bonchev–Trinajstić information content (AvgIpc) is 2.33. The largest absolute Gasteiger partial charge is 0.508 e. The van der Waals surface area contributed by atoms with Gasteiger partial charge in [0.15, 0.2) is 0 Å². The predicted molar refractivity (Wildman–Crippen MR) is 67.8 cm³/mol. The predicted octanol–water partition coefficient (Wildman–Crippen LogP) is 1.91. The molecule has 0 saturated carbocycles. The van der Waals surface area contributed by atoms with Crippen molar-refractivity contribution in [1.29, 1.82) is 0 Å². The van der Waals surface area contributed by atoms with Crippen molar-refractivity contribution in [2.45, 2.75) is 30.8 Å². The summed E-state index contributed by atoms with van der Waals surface area (Å²) in [5.74, 6) is 0.160. The zero-order chi connectivity index (χ0) is 12.3. The molecule has 0 saturated heterocycles. The highest BCUT2D eigenvalue weighted by atomic mass is 16.3. The Labute approximate surface area is 102 Å². The van der Waals surface area contributed by atoms with Crippen molar-refractivity contribution in [2.24, 2.45) is 5.73 Å². The van der Waals surface area contributed by atoms with E-state index < -0.39 is 5.60 Å². The van der Waals surface area contributed by atoms with E-state index in [1.807, 2.05) is 18.2 Å². The van der Waals surface area contributed by atoms with E-state index in [0.717, 1.165) is 18.4 Å². The molecule has 0 radical (unpaired) electrons. The Morgan fingerprint density at radius 1 is 1.24 bits per heavy atom. The fourth-order valence-corrected chi connectivity index (χ4v) is 2.53. The summed E-state index contributed by atoms with van der Waals surface area (Å²) in [6, 6.07) is 6.95. The van der Waals surface area contributed by atoms with E-state index in [2.05, 4.69) is 6.08 Å². The Hall–Kier alpha value is -1.32. The minimum atomic E-state index is -0.750. The summed E-state index contributed by atoms with van der Waals surface area (Å²) in [7, 11) is 0. The average molecular weight is 233 g/mol. The number of aliphatic hydroxyl groups is 1. The molecule has 1 aliphatic carbocycles. The molecular weight excluding hydrogens is 214 g/mol. The van der Waals surface area contributed by atoms with Gasteiger partial charge in [0.05, 0.1) is 5.60 Å². The molecule has 1 aliphatic rings. The number of hydrogen-bond acceptors (Lipinski definition) is 3. The van der Waals surface area contributed by atoms with Crippen molar-refractivity contribution in [3.8, 4) is 5.75 Å². The molecule has 17 heavy (non-hydrogen) atoms. The molecule has 4 N–H and O–H groups in total. The summed E-state index contributed by atoms with van der Waals surface area (Å²) < 4.78 is 0. The van der Waals surface area contributed by atoms with Gasteiger partial charge in [-0.2, -0.15) is 0 Å². The number of nitrogens with two attached hydrogens (primary N) is 1. The lowest BCUT2D eigenvalue weighted by Gasteiger charge is -2.37. The van der Waals surface area contributed by atoms with Crippen LogP contribution in [0.1, 0.15) is 30.7 Å². The number of aromatic hydroxyl groups is 1. The number of phenolic OH excluding ortho intramolecular Hbond substituents is 1. The van der Waals surface area contributed by atoms with Crippen molar-refractivity contribution < 1.29 is 10.2 Å². The summed E-state index contributed by atoms with van der Waals surface area (Å²) in [4.78, 5) is 0. The molecule has 92 valence electrons. The van der Waals surface area contributed by atoms with Gasteiger partial charge in [0, 0.05) is 12.5 Å².